The molecule has 6 heteroatoms. The predicted octanol–water partition coefficient (Wildman–Crippen LogP) is 1.45. The highest BCUT2D eigenvalue weighted by Gasteiger charge is 2.07. The normalized spacial score (nSPS) is 10.5. The van der Waals surface area contributed by atoms with E-state index in [1.54, 1.807) is 19.1 Å². The molecule has 1 rings (SSSR count). The lowest BCUT2D eigenvalue weighted by Crippen LogP contribution is -2.19. The summed E-state index contributed by atoms with van der Waals surface area (Å²) in [4.78, 5) is 24.6. The first-order chi connectivity index (χ1) is 8.00. The molecule has 6 nitrogen and oxygen atoms in total. The van der Waals surface area contributed by atoms with E-state index in [0.717, 1.165) is 5.56 Å². The van der Waals surface area contributed by atoms with Crippen LogP contribution >= 0.6 is 0 Å². The average Bonchev–Trinajstić information content (AvgIpc) is 2.25. The molecule has 1 N–H and O–H groups in total. The second-order valence-electron chi connectivity index (χ2n) is 3.49. The summed E-state index contributed by atoms with van der Waals surface area (Å²) in [6, 6.07) is 1.46. The Morgan fingerprint density at radius 3 is 2.88 bits per heavy atom. The lowest BCUT2D eigenvalue weighted by atomic mass is 10.2. The number of nitro groups is 1. The largest absolute Gasteiger partial charge is 0.353 e. The van der Waals surface area contributed by atoms with Crippen molar-refractivity contribution in [2.75, 3.05) is 6.54 Å². The summed E-state index contributed by atoms with van der Waals surface area (Å²) in [6.45, 7) is 3.59. The van der Waals surface area contributed by atoms with Crippen LogP contribution in [0.5, 0.6) is 0 Å². The van der Waals surface area contributed by atoms with Gasteiger partial charge in [-0.2, -0.15) is 0 Å². The maximum Gasteiger partial charge on any atom is 0.287 e. The quantitative estimate of drug-likeness (QED) is 0.632. The van der Waals surface area contributed by atoms with Crippen molar-refractivity contribution in [2.24, 2.45) is 0 Å². The van der Waals surface area contributed by atoms with E-state index >= 15 is 0 Å². The molecule has 90 valence electrons. The highest BCUT2D eigenvalue weighted by atomic mass is 16.6. The van der Waals surface area contributed by atoms with Crippen LogP contribution in [0.3, 0.4) is 0 Å². The van der Waals surface area contributed by atoms with Gasteiger partial charge in [0.2, 0.25) is 5.91 Å². The van der Waals surface area contributed by atoms with Gasteiger partial charge < -0.3 is 5.32 Å². The van der Waals surface area contributed by atoms with E-state index in [1.165, 1.54) is 19.2 Å². The van der Waals surface area contributed by atoms with Crippen molar-refractivity contribution < 1.29 is 9.72 Å². The van der Waals surface area contributed by atoms with Crippen LogP contribution in [-0.2, 0) is 4.79 Å². The number of aryl methyl sites for hydroxylation is 1. The van der Waals surface area contributed by atoms with Crippen LogP contribution in [0.15, 0.2) is 18.3 Å². The first kappa shape index (κ1) is 12.8. The number of nitrogens with zero attached hydrogens (tertiary/aromatic N) is 2. The first-order valence-electron chi connectivity index (χ1n) is 5.02. The minimum absolute atomic E-state index is 0.0264. The second-order valence-corrected chi connectivity index (χ2v) is 3.49. The SMILES string of the molecule is CC(=O)NCC=Cc1ncc([N+](=O)[O-])cc1C. The van der Waals surface area contributed by atoms with Crippen LogP contribution < -0.4 is 5.32 Å². The topological polar surface area (TPSA) is 85.1 Å². The highest BCUT2D eigenvalue weighted by Crippen LogP contribution is 2.14. The van der Waals surface area contributed by atoms with Crippen LogP contribution in [-0.4, -0.2) is 22.4 Å². The molecule has 0 radical (unpaired) electrons. The smallest absolute Gasteiger partial charge is 0.287 e. The molecule has 0 unspecified atom stereocenters. The van der Waals surface area contributed by atoms with Gasteiger partial charge in [-0.1, -0.05) is 6.08 Å². The molecule has 0 saturated heterocycles. The Hall–Kier alpha value is -2.24. The average molecular weight is 235 g/mol. The maximum absolute atomic E-state index is 10.6. The maximum atomic E-state index is 10.6. The monoisotopic (exact) mass is 235 g/mol. The molecule has 0 saturated carbocycles. The zero-order valence-corrected chi connectivity index (χ0v) is 9.64. The van der Waals surface area contributed by atoms with Gasteiger partial charge in [0, 0.05) is 19.5 Å². The van der Waals surface area contributed by atoms with E-state index in [-0.39, 0.29) is 11.6 Å². The molecular weight excluding hydrogens is 222 g/mol. The molecular formula is C11H13N3O3. The minimum Gasteiger partial charge on any atom is -0.353 e. The fourth-order valence-corrected chi connectivity index (χ4v) is 1.22. The van der Waals surface area contributed by atoms with E-state index in [0.29, 0.717) is 12.2 Å². The predicted molar refractivity (Wildman–Crippen MR) is 63.3 cm³/mol. The summed E-state index contributed by atoms with van der Waals surface area (Å²) >= 11 is 0. The number of carbonyl (C=O) groups is 1. The Morgan fingerprint density at radius 1 is 1.65 bits per heavy atom. The molecule has 0 aliphatic rings. The zero-order valence-electron chi connectivity index (χ0n) is 9.64. The Bertz CT molecular complexity index is 469. The molecule has 1 amide bonds. The van der Waals surface area contributed by atoms with Gasteiger partial charge in [-0.3, -0.25) is 14.9 Å². The third kappa shape index (κ3) is 4.02. The Balaban J connectivity index is 2.72. The van der Waals surface area contributed by atoms with Gasteiger partial charge in [-0.15, -0.1) is 0 Å². The number of hydrogen-bond acceptors (Lipinski definition) is 4. The Morgan fingerprint density at radius 2 is 2.35 bits per heavy atom. The van der Waals surface area contributed by atoms with Crippen LogP contribution in [0, 0.1) is 17.0 Å². The van der Waals surface area contributed by atoms with Crippen molar-refractivity contribution in [1.82, 2.24) is 10.3 Å². The van der Waals surface area contributed by atoms with Crippen LogP contribution in [0.1, 0.15) is 18.2 Å². The van der Waals surface area contributed by atoms with Gasteiger partial charge in [-0.05, 0) is 18.6 Å². The molecule has 17 heavy (non-hydrogen) atoms. The van der Waals surface area contributed by atoms with E-state index in [2.05, 4.69) is 10.3 Å². The van der Waals surface area contributed by atoms with E-state index < -0.39 is 4.92 Å². The van der Waals surface area contributed by atoms with Crippen molar-refractivity contribution in [3.63, 3.8) is 0 Å². The Labute approximate surface area is 98.5 Å². The standard InChI is InChI=1S/C11H13N3O3/c1-8-6-10(14(16)17)7-13-11(8)4-3-5-12-9(2)15/h3-4,6-7H,5H2,1-2H3,(H,12,15). The fraction of sp³-hybridized carbons (Fsp3) is 0.273. The Kier molecular flexibility index (Phi) is 4.33. The summed E-state index contributed by atoms with van der Waals surface area (Å²) in [6.07, 6.45) is 4.67. The van der Waals surface area contributed by atoms with Gasteiger partial charge >= 0.3 is 0 Å². The molecule has 0 bridgehead atoms. The number of aromatic nitrogens is 1. The van der Waals surface area contributed by atoms with Crippen molar-refractivity contribution in [1.29, 1.82) is 0 Å². The number of rotatable bonds is 4. The fourth-order valence-electron chi connectivity index (χ4n) is 1.22. The van der Waals surface area contributed by atoms with Gasteiger partial charge in [0.15, 0.2) is 0 Å². The summed E-state index contributed by atoms with van der Waals surface area (Å²) in [5, 5.41) is 13.1. The summed E-state index contributed by atoms with van der Waals surface area (Å²) < 4.78 is 0. The lowest BCUT2D eigenvalue weighted by molar-refractivity contribution is -0.385. The van der Waals surface area contributed by atoms with Gasteiger partial charge in [-0.25, -0.2) is 4.98 Å². The second kappa shape index (κ2) is 5.74. The van der Waals surface area contributed by atoms with Gasteiger partial charge in [0.1, 0.15) is 6.20 Å². The molecule has 1 heterocycles. The number of hydrogen-bond donors (Lipinski definition) is 1. The molecule has 0 aliphatic carbocycles. The third-order valence-corrected chi connectivity index (χ3v) is 2.06. The van der Waals surface area contributed by atoms with Gasteiger partial charge in [0.05, 0.1) is 10.6 Å². The van der Waals surface area contributed by atoms with Crippen molar-refractivity contribution in [3.05, 3.63) is 39.7 Å². The van der Waals surface area contributed by atoms with Crippen LogP contribution in [0.4, 0.5) is 5.69 Å². The number of carbonyl (C=O) groups excluding carboxylic acids is 1. The molecule has 0 atom stereocenters. The van der Waals surface area contributed by atoms with Gasteiger partial charge in [0.25, 0.3) is 5.69 Å². The lowest BCUT2D eigenvalue weighted by Gasteiger charge is -1.99. The molecule has 0 aliphatic heterocycles. The molecule has 0 spiro atoms. The van der Waals surface area contributed by atoms with E-state index in [1.807, 2.05) is 0 Å². The minimum atomic E-state index is -0.481. The number of pyridine rings is 1. The van der Waals surface area contributed by atoms with Crippen molar-refractivity contribution in [3.8, 4) is 0 Å². The summed E-state index contributed by atoms with van der Waals surface area (Å²) in [5.74, 6) is -0.108. The van der Waals surface area contributed by atoms with Crippen LogP contribution in [0.25, 0.3) is 6.08 Å². The van der Waals surface area contributed by atoms with Crippen molar-refractivity contribution in [2.45, 2.75) is 13.8 Å². The third-order valence-electron chi connectivity index (χ3n) is 2.06. The molecule has 0 aromatic carbocycles. The molecule has 0 fully saturated rings. The number of nitrogens with one attached hydrogen (secondary N) is 1. The molecule has 1 aromatic heterocycles. The van der Waals surface area contributed by atoms with Crippen LogP contribution in [0.2, 0.25) is 0 Å². The highest BCUT2D eigenvalue weighted by molar-refractivity contribution is 5.73. The summed E-state index contributed by atoms with van der Waals surface area (Å²) in [7, 11) is 0. The van der Waals surface area contributed by atoms with E-state index in [4.69, 9.17) is 0 Å². The zero-order chi connectivity index (χ0) is 12.8. The number of amides is 1. The van der Waals surface area contributed by atoms with Crippen molar-refractivity contribution >= 4 is 17.7 Å². The van der Waals surface area contributed by atoms with E-state index in [9.17, 15) is 14.9 Å². The first-order valence-corrected chi connectivity index (χ1v) is 5.02. The summed E-state index contributed by atoms with van der Waals surface area (Å²) in [5.41, 5.74) is 1.35. The molecule has 1 aromatic rings.